The van der Waals surface area contributed by atoms with Gasteiger partial charge in [-0.3, -0.25) is 0 Å². The van der Waals surface area contributed by atoms with E-state index in [1.54, 1.807) is 7.11 Å². The predicted octanol–water partition coefficient (Wildman–Crippen LogP) is 1.36. The van der Waals surface area contributed by atoms with Crippen molar-refractivity contribution in [2.45, 2.75) is 12.5 Å². The van der Waals surface area contributed by atoms with Crippen LogP contribution in [0.5, 0.6) is 5.75 Å². The van der Waals surface area contributed by atoms with Gasteiger partial charge in [0.2, 0.25) is 0 Å². The first kappa shape index (κ1) is 13.9. The zero-order valence-corrected chi connectivity index (χ0v) is 12.7. The van der Waals surface area contributed by atoms with Crippen molar-refractivity contribution in [3.8, 4) is 5.75 Å². The predicted molar refractivity (Wildman–Crippen MR) is 84.8 cm³/mol. The third-order valence-electron chi connectivity index (χ3n) is 4.20. The van der Waals surface area contributed by atoms with Crippen LogP contribution in [-0.2, 0) is 0 Å². The van der Waals surface area contributed by atoms with Gasteiger partial charge in [-0.1, -0.05) is 0 Å². The van der Waals surface area contributed by atoms with Crippen LogP contribution in [0.25, 0.3) is 10.9 Å². The van der Waals surface area contributed by atoms with Crippen LogP contribution in [0.2, 0.25) is 0 Å². The first-order chi connectivity index (χ1) is 10.1. The van der Waals surface area contributed by atoms with Crippen molar-refractivity contribution in [2.24, 2.45) is 0 Å². The van der Waals surface area contributed by atoms with Crippen molar-refractivity contribution in [3.05, 3.63) is 18.5 Å². The highest BCUT2D eigenvalue weighted by Gasteiger charge is 2.28. The molecule has 21 heavy (non-hydrogen) atoms. The van der Waals surface area contributed by atoms with Gasteiger partial charge in [-0.15, -0.1) is 0 Å². The maximum atomic E-state index is 6.10. The van der Waals surface area contributed by atoms with Gasteiger partial charge >= 0.3 is 0 Å². The summed E-state index contributed by atoms with van der Waals surface area (Å²) < 4.78 is 5.55. The Kier molecular flexibility index (Phi) is 3.55. The van der Waals surface area contributed by atoms with Gasteiger partial charge in [-0.05, 0) is 32.6 Å². The monoisotopic (exact) mass is 287 g/mol. The Bertz CT molecular complexity index is 658. The highest BCUT2D eigenvalue weighted by atomic mass is 16.5. The molecule has 2 N–H and O–H groups in total. The van der Waals surface area contributed by atoms with Crippen LogP contribution in [0.3, 0.4) is 0 Å². The minimum Gasteiger partial charge on any atom is -0.495 e. The topological polar surface area (TPSA) is 67.5 Å². The minimum absolute atomic E-state index is 0.502. The third-order valence-corrected chi connectivity index (χ3v) is 4.20. The fourth-order valence-electron chi connectivity index (χ4n) is 2.98. The van der Waals surface area contributed by atoms with Crippen molar-refractivity contribution < 1.29 is 4.74 Å². The van der Waals surface area contributed by atoms with Crippen LogP contribution < -0.4 is 15.4 Å². The standard InChI is InChI=1S/C15H21N5O/c1-19(2)10-6-7-20(8-10)14-12(21-3)5-4-11-13(14)15(16)18-9-17-11/h4-5,9-10H,6-8H2,1-3H3,(H2,16,17,18). The Morgan fingerprint density at radius 1 is 1.33 bits per heavy atom. The van der Waals surface area contributed by atoms with Crippen molar-refractivity contribution in [3.63, 3.8) is 0 Å². The zero-order valence-electron chi connectivity index (χ0n) is 12.7. The first-order valence-corrected chi connectivity index (χ1v) is 7.10. The molecule has 0 amide bonds. The van der Waals surface area contributed by atoms with Crippen LogP contribution >= 0.6 is 0 Å². The number of hydrogen-bond acceptors (Lipinski definition) is 6. The van der Waals surface area contributed by atoms with Crippen LogP contribution in [0.1, 0.15) is 6.42 Å². The molecule has 1 aliphatic heterocycles. The lowest BCUT2D eigenvalue weighted by atomic mass is 10.1. The summed E-state index contributed by atoms with van der Waals surface area (Å²) in [6.45, 7) is 1.93. The minimum atomic E-state index is 0.502. The molecule has 112 valence electrons. The first-order valence-electron chi connectivity index (χ1n) is 7.10. The Hall–Kier alpha value is -2.08. The summed E-state index contributed by atoms with van der Waals surface area (Å²) in [5, 5.41) is 0.885. The van der Waals surface area contributed by atoms with E-state index in [2.05, 4.69) is 33.9 Å². The molecule has 1 aliphatic rings. The number of rotatable bonds is 3. The molecule has 0 bridgehead atoms. The largest absolute Gasteiger partial charge is 0.495 e. The van der Waals surface area contributed by atoms with E-state index in [-0.39, 0.29) is 0 Å². The van der Waals surface area contributed by atoms with Gasteiger partial charge in [-0.2, -0.15) is 0 Å². The summed E-state index contributed by atoms with van der Waals surface area (Å²) >= 11 is 0. The summed E-state index contributed by atoms with van der Waals surface area (Å²) in [6, 6.07) is 4.42. The molecule has 6 nitrogen and oxygen atoms in total. The van der Waals surface area contributed by atoms with E-state index < -0.39 is 0 Å². The maximum Gasteiger partial charge on any atom is 0.143 e. The molecule has 2 heterocycles. The number of benzene rings is 1. The summed E-state index contributed by atoms with van der Waals surface area (Å²) in [7, 11) is 5.92. The zero-order chi connectivity index (χ0) is 15.0. The molecule has 1 fully saturated rings. The third kappa shape index (κ3) is 2.35. The number of aromatic nitrogens is 2. The molecule has 1 saturated heterocycles. The molecular weight excluding hydrogens is 266 g/mol. The molecule has 0 saturated carbocycles. The smallest absolute Gasteiger partial charge is 0.143 e. The van der Waals surface area contributed by atoms with Crippen molar-refractivity contribution >= 4 is 22.4 Å². The van der Waals surface area contributed by atoms with Crippen LogP contribution in [0.15, 0.2) is 18.5 Å². The van der Waals surface area contributed by atoms with E-state index in [0.717, 1.165) is 41.9 Å². The second-order valence-electron chi connectivity index (χ2n) is 5.62. The summed E-state index contributed by atoms with van der Waals surface area (Å²) in [5.41, 5.74) is 7.96. The van der Waals surface area contributed by atoms with E-state index in [4.69, 9.17) is 10.5 Å². The lowest BCUT2D eigenvalue weighted by Crippen LogP contribution is -2.31. The summed E-state index contributed by atoms with van der Waals surface area (Å²) in [5.74, 6) is 1.32. The quantitative estimate of drug-likeness (QED) is 0.919. The highest BCUT2D eigenvalue weighted by Crippen LogP contribution is 2.39. The molecule has 3 rings (SSSR count). The fraction of sp³-hybridized carbons (Fsp3) is 0.467. The van der Waals surface area contributed by atoms with E-state index in [9.17, 15) is 0 Å². The van der Waals surface area contributed by atoms with Gasteiger partial charge in [0.05, 0.1) is 23.7 Å². The van der Waals surface area contributed by atoms with Gasteiger partial charge in [0, 0.05) is 19.1 Å². The summed E-state index contributed by atoms with van der Waals surface area (Å²) in [6.07, 6.45) is 2.63. The molecule has 1 aromatic carbocycles. The number of ether oxygens (including phenoxy) is 1. The number of nitrogens with two attached hydrogens (primary N) is 1. The van der Waals surface area contributed by atoms with Crippen LogP contribution in [0, 0.1) is 0 Å². The summed E-state index contributed by atoms with van der Waals surface area (Å²) in [4.78, 5) is 13.0. The molecule has 1 aromatic heterocycles. The number of methoxy groups -OCH3 is 1. The van der Waals surface area contributed by atoms with E-state index in [1.807, 2.05) is 12.1 Å². The lowest BCUT2D eigenvalue weighted by molar-refractivity contribution is 0.315. The average molecular weight is 287 g/mol. The maximum absolute atomic E-state index is 6.10. The number of fused-ring (bicyclic) bond motifs is 1. The Morgan fingerprint density at radius 3 is 2.81 bits per heavy atom. The van der Waals surface area contributed by atoms with Crippen LogP contribution in [0.4, 0.5) is 11.5 Å². The molecule has 1 atom stereocenters. The molecule has 6 heteroatoms. The van der Waals surface area contributed by atoms with Gasteiger partial charge in [0.1, 0.15) is 17.9 Å². The molecule has 2 aromatic rings. The number of likely N-dealkylation sites (N-methyl/N-ethyl adjacent to an activating group) is 1. The SMILES string of the molecule is COc1ccc2ncnc(N)c2c1N1CCC(N(C)C)C1. The van der Waals surface area contributed by atoms with Gasteiger partial charge in [-0.25, -0.2) is 9.97 Å². The lowest BCUT2D eigenvalue weighted by Gasteiger charge is -2.25. The average Bonchev–Trinajstić information content (AvgIpc) is 2.96. The van der Waals surface area contributed by atoms with Crippen LogP contribution in [-0.4, -0.2) is 55.2 Å². The van der Waals surface area contributed by atoms with E-state index in [1.165, 1.54) is 6.33 Å². The Morgan fingerprint density at radius 2 is 2.14 bits per heavy atom. The number of nitrogen functional groups attached to an aromatic ring is 1. The molecular formula is C15H21N5O. The number of nitrogens with zero attached hydrogens (tertiary/aromatic N) is 4. The normalized spacial score (nSPS) is 18.7. The Labute approximate surface area is 124 Å². The van der Waals surface area contributed by atoms with Gasteiger partial charge in [0.25, 0.3) is 0 Å². The van der Waals surface area contributed by atoms with E-state index >= 15 is 0 Å². The molecule has 1 unspecified atom stereocenters. The van der Waals surface area contributed by atoms with E-state index in [0.29, 0.717) is 11.9 Å². The molecule has 0 aliphatic carbocycles. The number of anilines is 2. The second-order valence-corrected chi connectivity index (χ2v) is 5.62. The van der Waals surface area contributed by atoms with Gasteiger partial charge < -0.3 is 20.3 Å². The van der Waals surface area contributed by atoms with Crippen molar-refractivity contribution in [1.29, 1.82) is 0 Å². The molecule has 0 radical (unpaired) electrons. The second kappa shape index (κ2) is 5.37. The van der Waals surface area contributed by atoms with Crippen molar-refractivity contribution in [1.82, 2.24) is 14.9 Å². The van der Waals surface area contributed by atoms with Crippen molar-refractivity contribution in [2.75, 3.05) is 44.9 Å². The number of hydrogen-bond donors (Lipinski definition) is 1. The fourth-order valence-corrected chi connectivity index (χ4v) is 2.98. The van der Waals surface area contributed by atoms with Gasteiger partial charge in [0.15, 0.2) is 0 Å². The highest BCUT2D eigenvalue weighted by molar-refractivity contribution is 6.02. The Balaban J connectivity index is 2.12. The molecule has 0 spiro atoms.